The van der Waals surface area contributed by atoms with Crippen LogP contribution in [0.4, 0.5) is 0 Å². The van der Waals surface area contributed by atoms with E-state index in [1.165, 1.54) is 22.3 Å². The van der Waals surface area contributed by atoms with Crippen molar-refractivity contribution in [2.75, 3.05) is 0 Å². The molecule has 0 saturated carbocycles. The van der Waals surface area contributed by atoms with Crippen LogP contribution in [0.25, 0.3) is 12.2 Å². The summed E-state index contributed by atoms with van der Waals surface area (Å²) in [7, 11) is 0. The second kappa shape index (κ2) is 5.49. The molecule has 3 rings (SSSR count). The summed E-state index contributed by atoms with van der Waals surface area (Å²) in [5.41, 5.74) is 5.51. The Labute approximate surface area is 104 Å². The van der Waals surface area contributed by atoms with Crippen LogP contribution in [0.2, 0.25) is 0 Å². The Balaban J connectivity index is 0.000000514. The maximum atomic E-state index is 2.21. The summed E-state index contributed by atoms with van der Waals surface area (Å²) in [5, 5.41) is 0. The molecule has 0 heteroatoms. The zero-order valence-corrected chi connectivity index (χ0v) is 10.5. The fraction of sp³-hybridized carbons (Fsp3) is 0.176. The minimum absolute atomic E-state index is 1.04. The number of benzene rings is 2. The average molecular weight is 222 g/mol. The summed E-state index contributed by atoms with van der Waals surface area (Å²) in [5.74, 6) is 0. The third kappa shape index (κ3) is 2.47. The lowest BCUT2D eigenvalue weighted by Crippen LogP contribution is -1.90. The Hall–Kier alpha value is -1.82. The number of hydrogen-bond donors (Lipinski definition) is 0. The highest BCUT2D eigenvalue weighted by atomic mass is 14.1. The van der Waals surface area contributed by atoms with Gasteiger partial charge in [0.05, 0.1) is 0 Å². The lowest BCUT2D eigenvalue weighted by Gasteiger charge is -2.04. The number of rotatable bonds is 0. The van der Waals surface area contributed by atoms with E-state index in [0.717, 1.165) is 6.42 Å². The van der Waals surface area contributed by atoms with Crippen molar-refractivity contribution < 1.29 is 0 Å². The number of hydrogen-bond acceptors (Lipinski definition) is 0. The average Bonchev–Trinajstić information content (AvgIpc) is 2.60. The Morgan fingerprint density at radius 1 is 0.647 bits per heavy atom. The monoisotopic (exact) mass is 222 g/mol. The van der Waals surface area contributed by atoms with Gasteiger partial charge >= 0.3 is 0 Å². The van der Waals surface area contributed by atoms with Gasteiger partial charge in [0.1, 0.15) is 0 Å². The molecule has 17 heavy (non-hydrogen) atoms. The molecule has 0 atom stereocenters. The van der Waals surface area contributed by atoms with Crippen molar-refractivity contribution in [1.82, 2.24) is 0 Å². The van der Waals surface area contributed by atoms with E-state index in [1.54, 1.807) is 0 Å². The third-order valence-corrected chi connectivity index (χ3v) is 2.93. The smallest absolute Gasteiger partial charge is 0.00139 e. The minimum Gasteiger partial charge on any atom is -0.0683 e. The standard InChI is InChI=1S/C15H12.C2H6/c1-3-7-14-11-15-8-4-2-6-13(15)10-9-12(14)5-1;1-2/h1-10H,11H2;1-2H3. The lowest BCUT2D eigenvalue weighted by molar-refractivity contribution is 1.18. The van der Waals surface area contributed by atoms with Crippen molar-refractivity contribution in [2.24, 2.45) is 0 Å². The lowest BCUT2D eigenvalue weighted by atomic mass is 10.0. The van der Waals surface area contributed by atoms with Crippen molar-refractivity contribution >= 4 is 12.2 Å². The molecule has 1 aliphatic rings. The summed E-state index contributed by atoms with van der Waals surface area (Å²) >= 11 is 0. The van der Waals surface area contributed by atoms with Crippen molar-refractivity contribution in [3.63, 3.8) is 0 Å². The van der Waals surface area contributed by atoms with Gasteiger partial charge in [-0.2, -0.15) is 0 Å². The summed E-state index contributed by atoms with van der Waals surface area (Å²) in [6.45, 7) is 4.00. The van der Waals surface area contributed by atoms with E-state index in [0.29, 0.717) is 0 Å². The zero-order valence-electron chi connectivity index (χ0n) is 10.5. The van der Waals surface area contributed by atoms with Crippen LogP contribution in [0.5, 0.6) is 0 Å². The molecule has 0 bridgehead atoms. The molecule has 0 aliphatic heterocycles. The molecule has 2 aromatic carbocycles. The van der Waals surface area contributed by atoms with Gasteiger partial charge in [-0.25, -0.2) is 0 Å². The maximum absolute atomic E-state index is 2.21. The SMILES string of the molecule is C1=Cc2ccccc2Cc2ccccc21.CC. The molecular weight excluding hydrogens is 204 g/mol. The van der Waals surface area contributed by atoms with Crippen molar-refractivity contribution in [2.45, 2.75) is 20.3 Å². The van der Waals surface area contributed by atoms with E-state index in [-0.39, 0.29) is 0 Å². The first-order valence-corrected chi connectivity index (χ1v) is 6.27. The van der Waals surface area contributed by atoms with Gasteiger partial charge in [-0.1, -0.05) is 74.5 Å². The van der Waals surface area contributed by atoms with Gasteiger partial charge in [0.2, 0.25) is 0 Å². The van der Waals surface area contributed by atoms with Crippen LogP contribution in [0.1, 0.15) is 36.1 Å². The van der Waals surface area contributed by atoms with Crippen LogP contribution in [0.15, 0.2) is 48.5 Å². The first-order valence-electron chi connectivity index (χ1n) is 6.27. The van der Waals surface area contributed by atoms with E-state index >= 15 is 0 Å². The largest absolute Gasteiger partial charge is 0.0683 e. The Kier molecular flexibility index (Phi) is 3.77. The van der Waals surface area contributed by atoms with Crippen molar-refractivity contribution in [3.8, 4) is 0 Å². The Morgan fingerprint density at radius 3 is 1.53 bits per heavy atom. The summed E-state index contributed by atoms with van der Waals surface area (Å²) in [6, 6.07) is 17.2. The minimum atomic E-state index is 1.04. The zero-order chi connectivity index (χ0) is 12.1. The summed E-state index contributed by atoms with van der Waals surface area (Å²) < 4.78 is 0. The first kappa shape index (κ1) is 11.7. The third-order valence-electron chi connectivity index (χ3n) is 2.93. The van der Waals surface area contributed by atoms with Crippen molar-refractivity contribution in [1.29, 1.82) is 0 Å². The van der Waals surface area contributed by atoms with E-state index in [2.05, 4.69) is 60.7 Å². The molecule has 0 saturated heterocycles. The first-order chi connectivity index (χ1) is 8.43. The van der Waals surface area contributed by atoms with Gasteiger partial charge < -0.3 is 0 Å². The van der Waals surface area contributed by atoms with Crippen LogP contribution in [-0.4, -0.2) is 0 Å². The predicted molar refractivity (Wildman–Crippen MR) is 76.0 cm³/mol. The highest BCUT2D eigenvalue weighted by molar-refractivity contribution is 5.75. The van der Waals surface area contributed by atoms with Gasteiger partial charge in [-0.05, 0) is 28.7 Å². The molecule has 0 spiro atoms. The Morgan fingerprint density at radius 2 is 1.06 bits per heavy atom. The molecule has 0 radical (unpaired) electrons. The fourth-order valence-electron chi connectivity index (χ4n) is 2.10. The quantitative estimate of drug-likeness (QED) is 0.513. The summed E-state index contributed by atoms with van der Waals surface area (Å²) in [6.07, 6.45) is 5.46. The van der Waals surface area contributed by atoms with Crippen LogP contribution in [-0.2, 0) is 6.42 Å². The number of fused-ring (bicyclic) bond motifs is 2. The van der Waals surface area contributed by atoms with Gasteiger partial charge in [0, 0.05) is 0 Å². The molecule has 0 nitrogen and oxygen atoms in total. The van der Waals surface area contributed by atoms with Gasteiger partial charge in [-0.15, -0.1) is 0 Å². The molecule has 0 heterocycles. The molecule has 86 valence electrons. The molecule has 2 aromatic rings. The topological polar surface area (TPSA) is 0 Å². The molecular formula is C17H18. The summed E-state index contributed by atoms with van der Waals surface area (Å²) in [4.78, 5) is 0. The molecule has 1 aliphatic carbocycles. The second-order valence-electron chi connectivity index (χ2n) is 3.91. The van der Waals surface area contributed by atoms with Gasteiger partial charge in [0.15, 0.2) is 0 Å². The van der Waals surface area contributed by atoms with Crippen molar-refractivity contribution in [3.05, 3.63) is 70.8 Å². The van der Waals surface area contributed by atoms with E-state index < -0.39 is 0 Å². The van der Waals surface area contributed by atoms with Gasteiger partial charge in [0.25, 0.3) is 0 Å². The maximum Gasteiger partial charge on any atom is -0.00139 e. The highest BCUT2D eigenvalue weighted by Crippen LogP contribution is 2.24. The van der Waals surface area contributed by atoms with E-state index in [9.17, 15) is 0 Å². The fourth-order valence-corrected chi connectivity index (χ4v) is 2.10. The van der Waals surface area contributed by atoms with Crippen LogP contribution in [0.3, 0.4) is 0 Å². The normalized spacial score (nSPS) is 11.6. The van der Waals surface area contributed by atoms with Crippen LogP contribution >= 0.6 is 0 Å². The van der Waals surface area contributed by atoms with Crippen LogP contribution < -0.4 is 0 Å². The molecule has 0 N–H and O–H groups in total. The predicted octanol–water partition coefficient (Wildman–Crippen LogP) is 4.79. The molecule has 0 fully saturated rings. The Bertz CT molecular complexity index is 474. The molecule has 0 aromatic heterocycles. The van der Waals surface area contributed by atoms with Gasteiger partial charge in [-0.3, -0.25) is 0 Å². The van der Waals surface area contributed by atoms with Crippen LogP contribution in [0, 0.1) is 0 Å². The molecule has 0 unspecified atom stereocenters. The van der Waals surface area contributed by atoms with E-state index in [4.69, 9.17) is 0 Å². The highest BCUT2D eigenvalue weighted by Gasteiger charge is 2.06. The van der Waals surface area contributed by atoms with E-state index in [1.807, 2.05) is 13.8 Å². The molecule has 0 amide bonds. The second-order valence-corrected chi connectivity index (χ2v) is 3.91.